The number of rotatable bonds is 1. The third-order valence-corrected chi connectivity index (χ3v) is 3.03. The summed E-state index contributed by atoms with van der Waals surface area (Å²) in [5.74, 6) is 2.28. The van der Waals surface area contributed by atoms with Gasteiger partial charge in [0.15, 0.2) is 11.6 Å². The average Bonchev–Trinajstić information content (AvgIpc) is 2.84. The van der Waals surface area contributed by atoms with Crippen LogP contribution in [0, 0.1) is 6.92 Å². The van der Waals surface area contributed by atoms with Crippen LogP contribution in [0.3, 0.4) is 0 Å². The molecule has 90 valence electrons. The maximum absolute atomic E-state index is 9.43. The first-order valence-corrected chi connectivity index (χ1v) is 5.42. The summed E-state index contributed by atoms with van der Waals surface area (Å²) < 4.78 is 3.69. The second-order valence-corrected chi connectivity index (χ2v) is 4.32. The smallest absolute Gasteiger partial charge is 0.194 e. The summed E-state index contributed by atoms with van der Waals surface area (Å²) in [5, 5.41) is 14.9. The van der Waals surface area contributed by atoms with E-state index in [1.165, 1.54) is 5.06 Å². The number of fused-ring (bicyclic) bond motifs is 1. The van der Waals surface area contributed by atoms with Crippen molar-refractivity contribution in [1.29, 1.82) is 0 Å². The Bertz CT molecular complexity index is 584. The number of aryl methyl sites for hydroxylation is 2. The lowest BCUT2D eigenvalue weighted by atomic mass is 10.4. The Morgan fingerprint density at radius 2 is 1.88 bits per heavy atom. The van der Waals surface area contributed by atoms with E-state index in [-0.39, 0.29) is 0 Å². The maximum Gasteiger partial charge on any atom is 0.194 e. The Balaban J connectivity index is 2.12. The molecule has 2 aromatic rings. The van der Waals surface area contributed by atoms with Gasteiger partial charge in [0, 0.05) is 14.1 Å². The Morgan fingerprint density at radius 1 is 1.12 bits per heavy atom. The van der Waals surface area contributed by atoms with Crippen molar-refractivity contribution < 1.29 is 5.21 Å². The monoisotopic (exact) mass is 234 g/mol. The first-order chi connectivity index (χ1) is 8.06. The summed E-state index contributed by atoms with van der Waals surface area (Å²) >= 11 is 0. The van der Waals surface area contributed by atoms with Gasteiger partial charge < -0.3 is 9.77 Å². The van der Waals surface area contributed by atoms with Gasteiger partial charge in [-0.2, -0.15) is 10.2 Å². The fourth-order valence-corrected chi connectivity index (χ4v) is 2.22. The molecule has 0 aliphatic carbocycles. The molecule has 1 aliphatic rings. The molecular formula is C10H14N6O. The molecule has 0 saturated carbocycles. The molecule has 3 heterocycles. The van der Waals surface area contributed by atoms with Crippen LogP contribution in [0.2, 0.25) is 0 Å². The van der Waals surface area contributed by atoms with Gasteiger partial charge in [0.1, 0.15) is 5.82 Å². The van der Waals surface area contributed by atoms with E-state index in [0.29, 0.717) is 13.1 Å². The van der Waals surface area contributed by atoms with Crippen LogP contribution >= 0.6 is 0 Å². The van der Waals surface area contributed by atoms with E-state index in [1.54, 1.807) is 4.68 Å². The summed E-state index contributed by atoms with van der Waals surface area (Å²) in [6.45, 7) is 2.84. The number of imidazole rings is 1. The minimum atomic E-state index is 0.472. The van der Waals surface area contributed by atoms with Crippen LogP contribution in [0.15, 0.2) is 0 Å². The third kappa shape index (κ3) is 1.47. The van der Waals surface area contributed by atoms with Gasteiger partial charge >= 0.3 is 0 Å². The normalized spacial score (nSPS) is 15.5. The topological polar surface area (TPSA) is 72.0 Å². The van der Waals surface area contributed by atoms with E-state index in [0.717, 1.165) is 28.9 Å². The van der Waals surface area contributed by atoms with Gasteiger partial charge in [-0.1, -0.05) is 0 Å². The van der Waals surface area contributed by atoms with E-state index in [2.05, 4.69) is 15.1 Å². The van der Waals surface area contributed by atoms with Crippen molar-refractivity contribution >= 4 is 0 Å². The highest BCUT2D eigenvalue weighted by molar-refractivity contribution is 5.47. The van der Waals surface area contributed by atoms with Gasteiger partial charge in [0.2, 0.25) is 0 Å². The molecular weight excluding hydrogens is 220 g/mol. The SMILES string of the molecule is Cc1nc(-c2nc3c(n2C)CN(O)C3)n(C)n1. The molecule has 1 N–H and O–H groups in total. The second kappa shape index (κ2) is 3.38. The highest BCUT2D eigenvalue weighted by Gasteiger charge is 2.26. The highest BCUT2D eigenvalue weighted by Crippen LogP contribution is 2.25. The third-order valence-electron chi connectivity index (χ3n) is 3.03. The van der Waals surface area contributed by atoms with Crippen LogP contribution in [0.4, 0.5) is 0 Å². The van der Waals surface area contributed by atoms with Gasteiger partial charge in [0.25, 0.3) is 0 Å². The zero-order valence-corrected chi connectivity index (χ0v) is 10.0. The van der Waals surface area contributed by atoms with E-state index >= 15 is 0 Å². The van der Waals surface area contributed by atoms with Crippen molar-refractivity contribution in [2.45, 2.75) is 20.0 Å². The fraction of sp³-hybridized carbons (Fsp3) is 0.500. The van der Waals surface area contributed by atoms with E-state index in [4.69, 9.17) is 0 Å². The molecule has 0 aromatic carbocycles. The van der Waals surface area contributed by atoms with Crippen molar-refractivity contribution in [3.05, 3.63) is 17.2 Å². The molecule has 0 fully saturated rings. The van der Waals surface area contributed by atoms with Crippen LogP contribution in [0.25, 0.3) is 11.6 Å². The molecule has 0 amide bonds. The largest absolute Gasteiger partial charge is 0.327 e. The lowest BCUT2D eigenvalue weighted by Gasteiger charge is -2.07. The van der Waals surface area contributed by atoms with E-state index in [1.807, 2.05) is 25.6 Å². The zero-order valence-electron chi connectivity index (χ0n) is 10.0. The first kappa shape index (κ1) is 10.4. The molecule has 0 unspecified atom stereocenters. The number of nitrogens with zero attached hydrogens (tertiary/aromatic N) is 6. The Morgan fingerprint density at radius 3 is 2.47 bits per heavy atom. The quantitative estimate of drug-likeness (QED) is 0.764. The zero-order chi connectivity index (χ0) is 12.2. The lowest BCUT2D eigenvalue weighted by molar-refractivity contribution is -0.0984. The molecule has 0 saturated heterocycles. The van der Waals surface area contributed by atoms with Gasteiger partial charge in [-0.3, -0.25) is 0 Å². The molecule has 3 rings (SSSR count). The second-order valence-electron chi connectivity index (χ2n) is 4.32. The number of hydrogen-bond acceptors (Lipinski definition) is 5. The van der Waals surface area contributed by atoms with Crippen molar-refractivity contribution in [3.8, 4) is 11.6 Å². The van der Waals surface area contributed by atoms with Crippen LogP contribution < -0.4 is 0 Å². The van der Waals surface area contributed by atoms with E-state index < -0.39 is 0 Å². The molecule has 7 nitrogen and oxygen atoms in total. The van der Waals surface area contributed by atoms with Gasteiger partial charge in [0.05, 0.1) is 24.5 Å². The van der Waals surface area contributed by atoms with Crippen LogP contribution in [-0.2, 0) is 27.2 Å². The summed E-state index contributed by atoms with van der Waals surface area (Å²) in [7, 11) is 3.79. The first-order valence-electron chi connectivity index (χ1n) is 5.42. The Hall–Kier alpha value is -1.73. The van der Waals surface area contributed by atoms with Crippen molar-refractivity contribution in [3.63, 3.8) is 0 Å². The van der Waals surface area contributed by atoms with Crippen LogP contribution in [-0.4, -0.2) is 34.6 Å². The number of hydrogen-bond donors (Lipinski definition) is 1. The summed E-state index contributed by atoms with van der Waals surface area (Å²) in [6, 6.07) is 0. The highest BCUT2D eigenvalue weighted by atomic mass is 16.5. The minimum Gasteiger partial charge on any atom is -0.327 e. The van der Waals surface area contributed by atoms with Gasteiger partial charge in [-0.25, -0.2) is 14.6 Å². The number of hydroxylamine groups is 2. The molecule has 0 spiro atoms. The van der Waals surface area contributed by atoms with Crippen molar-refractivity contribution in [2.24, 2.45) is 14.1 Å². The average molecular weight is 234 g/mol. The Labute approximate surface area is 98.3 Å². The van der Waals surface area contributed by atoms with Crippen molar-refractivity contribution in [1.82, 2.24) is 29.4 Å². The van der Waals surface area contributed by atoms with Gasteiger partial charge in [-0.15, -0.1) is 0 Å². The molecule has 17 heavy (non-hydrogen) atoms. The number of aromatic nitrogens is 5. The molecule has 0 bridgehead atoms. The summed E-state index contributed by atoms with van der Waals surface area (Å²) in [5.41, 5.74) is 1.94. The summed E-state index contributed by atoms with van der Waals surface area (Å²) in [6.07, 6.45) is 0. The molecule has 1 aliphatic heterocycles. The van der Waals surface area contributed by atoms with E-state index in [9.17, 15) is 5.21 Å². The lowest BCUT2D eigenvalue weighted by Crippen LogP contribution is -2.12. The van der Waals surface area contributed by atoms with Crippen molar-refractivity contribution in [2.75, 3.05) is 0 Å². The fourth-order valence-electron chi connectivity index (χ4n) is 2.22. The molecule has 7 heteroatoms. The van der Waals surface area contributed by atoms with Crippen LogP contribution in [0.5, 0.6) is 0 Å². The standard InChI is InChI=1S/C10H14N6O/c1-6-11-10(15(3)13-6)9-12-7-4-16(17)5-8(7)14(9)2/h17H,4-5H2,1-3H3. The molecule has 0 atom stereocenters. The van der Waals surface area contributed by atoms with Crippen LogP contribution in [0.1, 0.15) is 17.2 Å². The predicted octanol–water partition coefficient (Wildman–Crippen LogP) is 0.229. The van der Waals surface area contributed by atoms with Gasteiger partial charge in [-0.05, 0) is 6.92 Å². The molecule has 2 aromatic heterocycles. The predicted molar refractivity (Wildman–Crippen MR) is 59.0 cm³/mol. The Kier molecular flexibility index (Phi) is 2.07. The maximum atomic E-state index is 9.43. The molecule has 0 radical (unpaired) electrons. The minimum absolute atomic E-state index is 0.472. The summed E-state index contributed by atoms with van der Waals surface area (Å²) in [4.78, 5) is 8.89.